The van der Waals surface area contributed by atoms with Crippen LogP contribution < -0.4 is 5.32 Å². The number of thioether (sulfide) groups is 1. The molecule has 1 aliphatic rings. The fraction of sp³-hybridized carbons (Fsp3) is 0.562. The number of nitrogens with one attached hydrogen (secondary N) is 1. The zero-order chi connectivity index (χ0) is 14.9. The maximum Gasteiger partial charge on any atom is 0.133 e. The summed E-state index contributed by atoms with van der Waals surface area (Å²) in [5.41, 5.74) is 1.42. The van der Waals surface area contributed by atoms with E-state index in [2.05, 4.69) is 45.4 Å². The van der Waals surface area contributed by atoms with E-state index in [1.807, 2.05) is 6.26 Å². The molecule has 0 atom stereocenters. The Morgan fingerprint density at radius 2 is 1.81 bits per heavy atom. The normalized spacial score (nSPS) is 16.8. The number of hydrogen-bond donors (Lipinski definition) is 1. The third kappa shape index (κ3) is 6.34. The number of benzene rings is 1. The van der Waals surface area contributed by atoms with Crippen LogP contribution in [0.5, 0.6) is 0 Å². The van der Waals surface area contributed by atoms with Crippen LogP contribution in [-0.4, -0.2) is 59.6 Å². The molecule has 1 aliphatic heterocycles. The molecule has 1 aromatic rings. The highest BCUT2D eigenvalue weighted by atomic mass is 32.2. The molecule has 116 valence electrons. The van der Waals surface area contributed by atoms with Crippen LogP contribution in [-0.2, 0) is 6.54 Å². The monoisotopic (exact) mass is 323 g/mol. The smallest absolute Gasteiger partial charge is 0.133 e. The Labute approximate surface area is 138 Å². The van der Waals surface area contributed by atoms with Crippen molar-refractivity contribution in [3.8, 4) is 0 Å². The molecule has 0 saturated carbocycles. The lowest BCUT2D eigenvalue weighted by molar-refractivity contribution is 0.126. The summed E-state index contributed by atoms with van der Waals surface area (Å²) in [5.74, 6) is 0. The van der Waals surface area contributed by atoms with Crippen molar-refractivity contribution in [1.82, 2.24) is 15.1 Å². The van der Waals surface area contributed by atoms with Gasteiger partial charge in [-0.2, -0.15) is 0 Å². The minimum absolute atomic E-state index is 0.905. The van der Waals surface area contributed by atoms with Gasteiger partial charge in [0.15, 0.2) is 0 Å². The zero-order valence-corrected chi connectivity index (χ0v) is 14.4. The second-order valence-corrected chi connectivity index (χ2v) is 6.86. The van der Waals surface area contributed by atoms with E-state index in [1.54, 1.807) is 11.8 Å². The minimum atomic E-state index is 0.905. The van der Waals surface area contributed by atoms with Gasteiger partial charge in [-0.25, -0.2) is 0 Å². The van der Waals surface area contributed by atoms with Gasteiger partial charge < -0.3 is 10.2 Å². The first-order valence-corrected chi connectivity index (χ1v) is 9.21. The summed E-state index contributed by atoms with van der Waals surface area (Å²) in [6.45, 7) is 7.95. The van der Waals surface area contributed by atoms with Crippen LogP contribution in [0.2, 0.25) is 0 Å². The Bertz CT molecular complexity index is 417. The summed E-state index contributed by atoms with van der Waals surface area (Å²) in [4.78, 5) is 5.11. The molecular formula is C16H25N3S2. The van der Waals surface area contributed by atoms with Gasteiger partial charge in [-0.15, -0.1) is 11.8 Å². The molecule has 1 heterocycles. The van der Waals surface area contributed by atoms with Crippen molar-refractivity contribution in [2.75, 3.05) is 45.5 Å². The van der Waals surface area contributed by atoms with Gasteiger partial charge in [0.1, 0.15) is 4.32 Å². The van der Waals surface area contributed by atoms with Gasteiger partial charge in [0.2, 0.25) is 0 Å². The zero-order valence-electron chi connectivity index (χ0n) is 12.8. The Morgan fingerprint density at radius 3 is 2.48 bits per heavy atom. The third-order valence-corrected chi connectivity index (χ3v) is 4.98. The molecule has 0 bridgehead atoms. The highest BCUT2D eigenvalue weighted by Crippen LogP contribution is 2.08. The highest BCUT2D eigenvalue weighted by molar-refractivity contribution is 8.22. The lowest BCUT2D eigenvalue weighted by atomic mass is 10.2. The van der Waals surface area contributed by atoms with Gasteiger partial charge in [-0.05, 0) is 24.8 Å². The van der Waals surface area contributed by atoms with Crippen LogP contribution in [0.3, 0.4) is 0 Å². The second-order valence-electron chi connectivity index (χ2n) is 5.38. The molecule has 3 nitrogen and oxygen atoms in total. The van der Waals surface area contributed by atoms with E-state index in [-0.39, 0.29) is 0 Å². The van der Waals surface area contributed by atoms with Gasteiger partial charge in [-0.1, -0.05) is 42.5 Å². The predicted molar refractivity (Wildman–Crippen MR) is 96.9 cm³/mol. The van der Waals surface area contributed by atoms with Gasteiger partial charge in [0, 0.05) is 39.3 Å². The summed E-state index contributed by atoms with van der Waals surface area (Å²) in [6.07, 6.45) is 3.18. The lowest BCUT2D eigenvalue weighted by Gasteiger charge is -2.34. The molecule has 1 fully saturated rings. The van der Waals surface area contributed by atoms with Crippen molar-refractivity contribution in [3.63, 3.8) is 0 Å². The van der Waals surface area contributed by atoms with E-state index in [1.165, 1.54) is 44.7 Å². The predicted octanol–water partition coefficient (Wildman–Crippen LogP) is 2.43. The van der Waals surface area contributed by atoms with Crippen LogP contribution >= 0.6 is 24.0 Å². The lowest BCUT2D eigenvalue weighted by Crippen LogP contribution is -2.46. The van der Waals surface area contributed by atoms with Crippen LogP contribution in [0, 0.1) is 0 Å². The first-order chi connectivity index (χ1) is 10.3. The average molecular weight is 324 g/mol. The average Bonchev–Trinajstić information content (AvgIpc) is 2.54. The summed E-state index contributed by atoms with van der Waals surface area (Å²) in [6, 6.07) is 10.8. The summed E-state index contributed by atoms with van der Waals surface area (Å²) in [7, 11) is 0. The van der Waals surface area contributed by atoms with E-state index in [0.29, 0.717) is 0 Å². The van der Waals surface area contributed by atoms with Gasteiger partial charge in [0.25, 0.3) is 0 Å². The quantitative estimate of drug-likeness (QED) is 0.638. The Morgan fingerprint density at radius 1 is 1.14 bits per heavy atom. The molecule has 0 radical (unpaired) electrons. The Hall–Kier alpha value is -0.620. The summed E-state index contributed by atoms with van der Waals surface area (Å²) in [5, 5.41) is 3.27. The molecule has 5 heteroatoms. The largest absolute Gasteiger partial charge is 0.371 e. The molecule has 0 unspecified atom stereocenters. The number of piperazine rings is 1. The van der Waals surface area contributed by atoms with E-state index in [4.69, 9.17) is 12.2 Å². The number of rotatable bonds is 6. The summed E-state index contributed by atoms with van der Waals surface area (Å²) < 4.78 is 0.905. The third-order valence-electron chi connectivity index (χ3n) is 3.82. The number of nitrogens with zero attached hydrogens (tertiary/aromatic N) is 2. The van der Waals surface area contributed by atoms with E-state index in [0.717, 1.165) is 17.4 Å². The fourth-order valence-electron chi connectivity index (χ4n) is 2.58. The fourth-order valence-corrected chi connectivity index (χ4v) is 2.93. The molecule has 0 aliphatic carbocycles. The van der Waals surface area contributed by atoms with Gasteiger partial charge in [-0.3, -0.25) is 4.90 Å². The second kappa shape index (κ2) is 9.41. The maximum absolute atomic E-state index is 5.13. The molecule has 0 amide bonds. The van der Waals surface area contributed by atoms with Crippen molar-refractivity contribution >= 4 is 28.3 Å². The molecule has 21 heavy (non-hydrogen) atoms. The van der Waals surface area contributed by atoms with Crippen LogP contribution in [0.1, 0.15) is 12.0 Å². The topological polar surface area (TPSA) is 18.5 Å². The van der Waals surface area contributed by atoms with Crippen molar-refractivity contribution in [2.45, 2.75) is 13.0 Å². The standard InChI is InChI=1S/C16H25N3S2/c1-21-16(20)17-8-5-9-18-10-12-19(13-11-18)14-15-6-3-2-4-7-15/h2-4,6-7H,5,8-14H2,1H3,(H,17,20). The van der Waals surface area contributed by atoms with Crippen molar-refractivity contribution in [3.05, 3.63) is 35.9 Å². The maximum atomic E-state index is 5.13. The molecule has 2 rings (SSSR count). The van der Waals surface area contributed by atoms with Crippen molar-refractivity contribution in [2.24, 2.45) is 0 Å². The Kier molecular flexibility index (Phi) is 7.50. The van der Waals surface area contributed by atoms with Crippen LogP contribution in [0.15, 0.2) is 30.3 Å². The highest BCUT2D eigenvalue weighted by Gasteiger charge is 2.16. The first-order valence-electron chi connectivity index (χ1n) is 7.58. The molecule has 0 aromatic heterocycles. The molecular weight excluding hydrogens is 298 g/mol. The van der Waals surface area contributed by atoms with E-state index < -0.39 is 0 Å². The van der Waals surface area contributed by atoms with Crippen molar-refractivity contribution < 1.29 is 0 Å². The van der Waals surface area contributed by atoms with Gasteiger partial charge >= 0.3 is 0 Å². The van der Waals surface area contributed by atoms with E-state index in [9.17, 15) is 0 Å². The minimum Gasteiger partial charge on any atom is -0.371 e. The molecule has 1 N–H and O–H groups in total. The van der Waals surface area contributed by atoms with Gasteiger partial charge in [0.05, 0.1) is 0 Å². The molecule has 1 aromatic carbocycles. The molecule has 1 saturated heterocycles. The first kappa shape index (κ1) is 16.7. The Balaban J connectivity index is 1.59. The van der Waals surface area contributed by atoms with Crippen molar-refractivity contribution in [1.29, 1.82) is 0 Å². The van der Waals surface area contributed by atoms with E-state index >= 15 is 0 Å². The number of hydrogen-bond acceptors (Lipinski definition) is 4. The van der Waals surface area contributed by atoms with Crippen LogP contribution in [0.25, 0.3) is 0 Å². The van der Waals surface area contributed by atoms with Crippen LogP contribution in [0.4, 0.5) is 0 Å². The SMILES string of the molecule is CSC(=S)NCCCN1CCN(Cc2ccccc2)CC1. The summed E-state index contributed by atoms with van der Waals surface area (Å²) >= 11 is 6.75. The molecule has 0 spiro atoms. The number of thiocarbonyl (C=S) groups is 1.